The number of benzene rings is 1. The van der Waals surface area contributed by atoms with Gasteiger partial charge in [0.05, 0.1) is 37.7 Å². The second kappa shape index (κ2) is 9.55. The van der Waals surface area contributed by atoms with Gasteiger partial charge in [-0.25, -0.2) is 13.2 Å². The lowest BCUT2D eigenvalue weighted by molar-refractivity contribution is -0.895. The van der Waals surface area contributed by atoms with Crippen molar-refractivity contribution in [2.45, 2.75) is 38.1 Å². The number of sulfonamides is 1. The van der Waals surface area contributed by atoms with Crippen LogP contribution in [-0.4, -0.2) is 69.5 Å². The maximum absolute atomic E-state index is 12.8. The maximum atomic E-state index is 12.8. The van der Waals surface area contributed by atoms with E-state index in [0.29, 0.717) is 38.5 Å². The summed E-state index contributed by atoms with van der Waals surface area (Å²) in [5.41, 5.74) is -0.432. The maximum Gasteiger partial charge on any atom is 0.322 e. The van der Waals surface area contributed by atoms with Crippen LogP contribution in [-0.2, 0) is 14.8 Å². The highest BCUT2D eigenvalue weighted by Crippen LogP contribution is 2.19. The highest BCUT2D eigenvalue weighted by atomic mass is 32.2. The molecule has 1 aromatic rings. The zero-order valence-corrected chi connectivity index (χ0v) is 18.3. The number of rotatable bonds is 6. The number of urea groups is 1. The van der Waals surface area contributed by atoms with Gasteiger partial charge in [-0.15, -0.1) is 0 Å². The quantitative estimate of drug-likeness (QED) is 0.572. The second-order valence-electron chi connectivity index (χ2n) is 7.99. The van der Waals surface area contributed by atoms with Gasteiger partial charge in [0.15, 0.2) is 6.54 Å². The molecule has 0 spiro atoms. The molecule has 0 atom stereocenters. The molecule has 0 bridgehead atoms. The van der Waals surface area contributed by atoms with Crippen molar-refractivity contribution in [3.8, 4) is 5.75 Å². The van der Waals surface area contributed by atoms with Gasteiger partial charge in [0.2, 0.25) is 10.0 Å². The van der Waals surface area contributed by atoms with E-state index in [2.05, 4.69) is 10.6 Å². The number of hydrogen-bond acceptors (Lipinski definition) is 5. The lowest BCUT2D eigenvalue weighted by Crippen LogP contribution is -3.15. The molecular formula is C19H31N4O5S+. The van der Waals surface area contributed by atoms with Gasteiger partial charge in [-0.2, -0.15) is 4.31 Å². The van der Waals surface area contributed by atoms with E-state index in [1.165, 1.54) is 4.31 Å². The summed E-state index contributed by atoms with van der Waals surface area (Å²) in [6.45, 7) is 9.58. The Balaban J connectivity index is 1.86. The molecule has 0 aromatic heterocycles. The first-order valence-electron chi connectivity index (χ1n) is 9.70. The van der Waals surface area contributed by atoms with E-state index in [1.54, 1.807) is 24.3 Å². The van der Waals surface area contributed by atoms with Gasteiger partial charge in [-0.1, -0.05) is 0 Å². The Labute approximate surface area is 172 Å². The van der Waals surface area contributed by atoms with Gasteiger partial charge < -0.3 is 15.0 Å². The first-order valence-corrected chi connectivity index (χ1v) is 11.1. The van der Waals surface area contributed by atoms with Crippen LogP contribution in [0.1, 0.15) is 27.7 Å². The molecule has 0 unspecified atom stereocenters. The summed E-state index contributed by atoms with van der Waals surface area (Å²) in [6.07, 6.45) is 0. The molecule has 0 radical (unpaired) electrons. The van der Waals surface area contributed by atoms with Crippen LogP contribution in [0.4, 0.5) is 4.79 Å². The van der Waals surface area contributed by atoms with Crippen molar-refractivity contribution >= 4 is 22.0 Å². The van der Waals surface area contributed by atoms with Crippen molar-refractivity contribution in [2.24, 2.45) is 0 Å². The molecule has 29 heavy (non-hydrogen) atoms. The number of ether oxygens (including phenoxy) is 1. The van der Waals surface area contributed by atoms with E-state index in [1.807, 2.05) is 27.7 Å². The van der Waals surface area contributed by atoms with Crippen LogP contribution in [0.3, 0.4) is 0 Å². The minimum Gasteiger partial charge on any atom is -0.494 e. The zero-order valence-electron chi connectivity index (χ0n) is 17.4. The normalized spacial score (nSPS) is 16.3. The third kappa shape index (κ3) is 6.98. The Morgan fingerprint density at radius 3 is 2.24 bits per heavy atom. The lowest BCUT2D eigenvalue weighted by Gasteiger charge is -2.31. The van der Waals surface area contributed by atoms with Gasteiger partial charge >= 0.3 is 6.03 Å². The topological polar surface area (TPSA) is 109 Å². The second-order valence-corrected chi connectivity index (χ2v) is 9.93. The number of carbonyl (C=O) groups excluding carboxylic acids is 2. The Hall–Kier alpha value is -2.17. The van der Waals surface area contributed by atoms with E-state index in [-0.39, 0.29) is 17.3 Å². The van der Waals surface area contributed by atoms with Crippen molar-refractivity contribution in [1.29, 1.82) is 0 Å². The molecule has 1 aromatic carbocycles. The number of carbonyl (C=O) groups is 2. The molecule has 2 rings (SSSR count). The van der Waals surface area contributed by atoms with Crippen LogP contribution < -0.4 is 20.3 Å². The summed E-state index contributed by atoms with van der Waals surface area (Å²) in [6, 6.07) is 5.84. The van der Waals surface area contributed by atoms with E-state index < -0.39 is 21.6 Å². The van der Waals surface area contributed by atoms with Crippen LogP contribution >= 0.6 is 0 Å². The minimum atomic E-state index is -3.59. The number of piperazine rings is 1. The molecule has 1 fully saturated rings. The predicted molar refractivity (Wildman–Crippen MR) is 108 cm³/mol. The van der Waals surface area contributed by atoms with Gasteiger partial charge in [0.1, 0.15) is 5.75 Å². The average Bonchev–Trinajstić information content (AvgIpc) is 2.61. The molecule has 9 nitrogen and oxygen atoms in total. The van der Waals surface area contributed by atoms with Gasteiger partial charge in [0, 0.05) is 5.54 Å². The molecule has 3 amide bonds. The number of imide groups is 1. The Morgan fingerprint density at radius 2 is 1.72 bits per heavy atom. The number of quaternary nitrogens is 1. The van der Waals surface area contributed by atoms with E-state index in [0.717, 1.165) is 4.90 Å². The van der Waals surface area contributed by atoms with Crippen molar-refractivity contribution in [3.63, 3.8) is 0 Å². The fraction of sp³-hybridized carbons (Fsp3) is 0.579. The molecule has 3 N–H and O–H groups in total. The van der Waals surface area contributed by atoms with E-state index in [4.69, 9.17) is 4.74 Å². The van der Waals surface area contributed by atoms with Gasteiger partial charge in [0.25, 0.3) is 5.91 Å². The summed E-state index contributed by atoms with van der Waals surface area (Å²) < 4.78 is 32.4. The Morgan fingerprint density at radius 1 is 1.14 bits per heavy atom. The number of amides is 3. The first kappa shape index (κ1) is 23.1. The Bertz CT molecular complexity index is 810. The number of nitrogens with one attached hydrogen (secondary N) is 3. The summed E-state index contributed by atoms with van der Waals surface area (Å²) in [7, 11) is -3.59. The largest absolute Gasteiger partial charge is 0.494 e. The van der Waals surface area contributed by atoms with E-state index in [9.17, 15) is 18.0 Å². The molecule has 162 valence electrons. The van der Waals surface area contributed by atoms with Crippen molar-refractivity contribution in [2.75, 3.05) is 39.3 Å². The van der Waals surface area contributed by atoms with Crippen LogP contribution in [0.5, 0.6) is 5.75 Å². The molecule has 0 aliphatic carbocycles. The fourth-order valence-electron chi connectivity index (χ4n) is 3.01. The molecule has 1 heterocycles. The summed E-state index contributed by atoms with van der Waals surface area (Å²) in [4.78, 5) is 25.0. The minimum absolute atomic E-state index is 0.120. The SMILES string of the molecule is CCOc1ccc(S(=O)(=O)N2CC[NH+](CC(=O)NC(=O)NC(C)(C)C)CC2)cc1. The van der Waals surface area contributed by atoms with Crippen LogP contribution in [0.25, 0.3) is 0 Å². The fourth-order valence-corrected chi connectivity index (χ4v) is 4.45. The third-order valence-electron chi connectivity index (χ3n) is 4.35. The number of hydrogen-bond donors (Lipinski definition) is 3. The molecular weight excluding hydrogens is 396 g/mol. The monoisotopic (exact) mass is 427 g/mol. The van der Waals surface area contributed by atoms with Gasteiger partial charge in [-0.3, -0.25) is 10.1 Å². The summed E-state index contributed by atoms with van der Waals surface area (Å²) >= 11 is 0. The van der Waals surface area contributed by atoms with Crippen LogP contribution in [0, 0.1) is 0 Å². The standard InChI is InChI=1S/C19H30N4O5S/c1-5-28-15-6-8-16(9-7-15)29(26,27)23-12-10-22(11-13-23)14-17(24)20-18(25)21-19(2,3)4/h6-9H,5,10-14H2,1-4H3,(H2,20,21,24,25)/p+1. The predicted octanol–water partition coefficient (Wildman–Crippen LogP) is -0.401. The van der Waals surface area contributed by atoms with Crippen molar-refractivity contribution in [3.05, 3.63) is 24.3 Å². The summed E-state index contributed by atoms with van der Waals surface area (Å²) in [5.74, 6) is 0.242. The molecule has 0 saturated carbocycles. The zero-order chi connectivity index (χ0) is 21.7. The van der Waals surface area contributed by atoms with E-state index >= 15 is 0 Å². The van der Waals surface area contributed by atoms with Gasteiger partial charge in [-0.05, 0) is 52.0 Å². The number of nitrogens with zero attached hydrogens (tertiary/aromatic N) is 1. The molecule has 1 saturated heterocycles. The highest BCUT2D eigenvalue weighted by Gasteiger charge is 2.31. The average molecular weight is 428 g/mol. The lowest BCUT2D eigenvalue weighted by atomic mass is 10.1. The first-order chi connectivity index (χ1) is 13.5. The van der Waals surface area contributed by atoms with Crippen molar-refractivity contribution < 1.29 is 27.6 Å². The van der Waals surface area contributed by atoms with Crippen LogP contribution in [0.2, 0.25) is 0 Å². The Kier molecular flexibility index (Phi) is 7.61. The molecule has 1 aliphatic rings. The third-order valence-corrected chi connectivity index (χ3v) is 6.27. The van der Waals surface area contributed by atoms with Crippen molar-refractivity contribution in [1.82, 2.24) is 14.9 Å². The highest BCUT2D eigenvalue weighted by molar-refractivity contribution is 7.89. The smallest absolute Gasteiger partial charge is 0.322 e. The molecule has 1 aliphatic heterocycles. The summed E-state index contributed by atoms with van der Waals surface area (Å²) in [5, 5.41) is 4.98. The van der Waals surface area contributed by atoms with Crippen LogP contribution in [0.15, 0.2) is 29.2 Å². The molecule has 10 heteroatoms.